The quantitative estimate of drug-likeness (QED) is 0.205. The van der Waals surface area contributed by atoms with Gasteiger partial charge in [0.25, 0.3) is 0 Å². The zero-order valence-electron chi connectivity index (χ0n) is 23.9. The Hall–Kier alpha value is -0.240. The molecule has 2 aliphatic carbocycles. The first-order valence-corrected chi connectivity index (χ1v) is 15.3. The highest BCUT2D eigenvalue weighted by Crippen LogP contribution is 2.21. The molecule has 0 aromatic rings. The summed E-state index contributed by atoms with van der Waals surface area (Å²) in [7, 11) is 0. The van der Waals surface area contributed by atoms with E-state index in [1.165, 1.54) is 109 Å². The van der Waals surface area contributed by atoms with E-state index in [0.717, 1.165) is 44.9 Å². The number of nitrogens with two attached hydrogens (primary N) is 5. The van der Waals surface area contributed by atoms with Gasteiger partial charge in [-0.3, -0.25) is 0 Å². The van der Waals surface area contributed by atoms with Crippen LogP contribution in [0.15, 0.2) is 0 Å². The molecule has 0 spiro atoms. The third-order valence-electron chi connectivity index (χ3n) is 7.77. The molecule has 0 saturated heterocycles. The average molecular weight is 499 g/mol. The molecule has 0 amide bonds. The highest BCUT2D eigenvalue weighted by molar-refractivity contribution is 4.79. The minimum Gasteiger partial charge on any atom is -0.329 e. The second kappa shape index (κ2) is 25.4. The normalized spacial score (nSPS) is 24.3. The van der Waals surface area contributed by atoms with E-state index in [1.54, 1.807) is 0 Å². The zero-order valence-corrected chi connectivity index (χ0v) is 23.9. The van der Waals surface area contributed by atoms with E-state index in [2.05, 4.69) is 18.7 Å². The van der Waals surface area contributed by atoms with Crippen LogP contribution < -0.4 is 28.7 Å². The third-order valence-corrected chi connectivity index (χ3v) is 7.77. The Morgan fingerprint density at radius 3 is 1.29 bits per heavy atom. The zero-order chi connectivity index (χ0) is 26.2. The van der Waals surface area contributed by atoms with Crippen molar-refractivity contribution in [2.45, 2.75) is 148 Å². The van der Waals surface area contributed by atoms with Crippen molar-refractivity contribution in [1.29, 1.82) is 0 Å². The molecule has 0 aliphatic heterocycles. The number of unbranched alkanes of at least 4 members (excludes halogenated alkanes) is 9. The van der Waals surface area contributed by atoms with E-state index >= 15 is 0 Å². The van der Waals surface area contributed by atoms with Crippen LogP contribution >= 0.6 is 0 Å². The lowest BCUT2D eigenvalue weighted by molar-refractivity contribution is 0.281. The van der Waals surface area contributed by atoms with Gasteiger partial charge in [-0.25, -0.2) is 0 Å². The van der Waals surface area contributed by atoms with Gasteiger partial charge in [-0.1, -0.05) is 97.3 Å². The van der Waals surface area contributed by atoms with Crippen LogP contribution in [0.4, 0.5) is 0 Å². The monoisotopic (exact) mass is 499 g/mol. The number of hydrogen-bond donors (Lipinski definition) is 5. The second-order valence-electron chi connectivity index (χ2n) is 11.1. The molecule has 4 atom stereocenters. The first kappa shape index (κ1) is 34.8. The van der Waals surface area contributed by atoms with Gasteiger partial charge >= 0.3 is 0 Å². The lowest BCUT2D eigenvalue weighted by Gasteiger charge is -2.24. The minimum absolute atomic E-state index is 0.281. The van der Waals surface area contributed by atoms with Crippen LogP contribution in [0.3, 0.4) is 0 Å². The Kier molecular flexibility index (Phi) is 25.2. The van der Waals surface area contributed by atoms with Gasteiger partial charge in [0, 0.05) is 44.3 Å². The van der Waals surface area contributed by atoms with E-state index in [1.807, 2.05) is 0 Å². The van der Waals surface area contributed by atoms with Crippen LogP contribution in [-0.2, 0) is 0 Å². The molecular formula is C29H66N6. The molecule has 0 heterocycles. The van der Waals surface area contributed by atoms with E-state index in [4.69, 9.17) is 28.7 Å². The summed E-state index contributed by atoms with van der Waals surface area (Å²) in [6.07, 6.45) is 24.1. The maximum absolute atomic E-state index is 5.78. The Balaban J connectivity index is 0.000000584. The molecule has 2 aliphatic rings. The van der Waals surface area contributed by atoms with Crippen LogP contribution in [-0.4, -0.2) is 55.7 Å². The standard InChI is InChI=1S/C16H37N3.C7H15N.C6H14N2/c1-2-3-4-5-6-7-8-9-10-11-14-19(15-12-17)16-13-18;1-6-4-2-3-5-7(6)8;7-5-3-1-2-4-6(5)8/h2-18H2,1H3;6-7H,2-5,8H2,1H3;5-6H,1-4,7-8H2/t;6-,7+;5-,6-/m.01/s1. The van der Waals surface area contributed by atoms with Crippen molar-refractivity contribution in [3.63, 3.8) is 0 Å². The van der Waals surface area contributed by atoms with Gasteiger partial charge in [0.15, 0.2) is 0 Å². The molecule has 10 N–H and O–H groups in total. The SMILES string of the molecule is CCCCCCCCCCCCN(CCN)CCN.C[C@H]1CCCC[C@H]1N.N[C@@H]1CCCC[C@H]1N. The second-order valence-corrected chi connectivity index (χ2v) is 11.1. The summed E-state index contributed by atoms with van der Waals surface area (Å²) in [6.45, 7) is 9.19. The molecule has 0 aromatic carbocycles. The molecule has 0 radical (unpaired) electrons. The largest absolute Gasteiger partial charge is 0.329 e. The van der Waals surface area contributed by atoms with Crippen molar-refractivity contribution in [2.75, 3.05) is 32.7 Å². The number of nitrogens with zero attached hydrogens (tertiary/aromatic N) is 1. The lowest BCUT2D eigenvalue weighted by Crippen LogP contribution is -2.43. The van der Waals surface area contributed by atoms with E-state index in [-0.39, 0.29) is 12.1 Å². The van der Waals surface area contributed by atoms with Crippen LogP contribution in [0.2, 0.25) is 0 Å². The maximum Gasteiger partial charge on any atom is 0.0192 e. The molecule has 2 saturated carbocycles. The first-order valence-electron chi connectivity index (χ1n) is 15.3. The fraction of sp³-hybridized carbons (Fsp3) is 1.00. The fourth-order valence-electron chi connectivity index (χ4n) is 5.06. The predicted octanol–water partition coefficient (Wildman–Crippen LogP) is 4.87. The van der Waals surface area contributed by atoms with Gasteiger partial charge in [-0.15, -0.1) is 0 Å². The van der Waals surface area contributed by atoms with E-state index in [0.29, 0.717) is 6.04 Å². The lowest BCUT2D eigenvalue weighted by atomic mass is 9.87. The Bertz CT molecular complexity index is 376. The Morgan fingerprint density at radius 2 is 0.943 bits per heavy atom. The van der Waals surface area contributed by atoms with Crippen LogP contribution in [0, 0.1) is 5.92 Å². The third kappa shape index (κ3) is 21.5. The highest BCUT2D eigenvalue weighted by atomic mass is 15.1. The molecule has 6 nitrogen and oxygen atoms in total. The van der Waals surface area contributed by atoms with Crippen molar-refractivity contribution < 1.29 is 0 Å². The molecule has 2 fully saturated rings. The summed E-state index contributed by atoms with van der Waals surface area (Å²) >= 11 is 0. The number of rotatable bonds is 15. The van der Waals surface area contributed by atoms with Crippen molar-refractivity contribution in [3.05, 3.63) is 0 Å². The molecule has 0 unspecified atom stereocenters. The molecule has 6 heteroatoms. The Labute approximate surface area is 219 Å². The van der Waals surface area contributed by atoms with Gasteiger partial charge < -0.3 is 33.6 Å². The Morgan fingerprint density at radius 1 is 0.543 bits per heavy atom. The predicted molar refractivity (Wildman–Crippen MR) is 156 cm³/mol. The summed E-state index contributed by atoms with van der Waals surface area (Å²) in [4.78, 5) is 2.39. The van der Waals surface area contributed by atoms with Crippen LogP contribution in [0.5, 0.6) is 0 Å². The average Bonchev–Trinajstić information content (AvgIpc) is 2.85. The van der Waals surface area contributed by atoms with E-state index < -0.39 is 0 Å². The maximum atomic E-state index is 5.78. The molecule has 212 valence electrons. The molecular weight excluding hydrogens is 432 g/mol. The van der Waals surface area contributed by atoms with Gasteiger partial charge in [-0.05, 0) is 44.6 Å². The van der Waals surface area contributed by atoms with Crippen molar-refractivity contribution in [2.24, 2.45) is 34.6 Å². The molecule has 2 rings (SSSR count). The fourth-order valence-corrected chi connectivity index (χ4v) is 5.06. The summed E-state index contributed by atoms with van der Waals surface area (Å²) in [5.41, 5.74) is 28.3. The minimum atomic E-state index is 0.281. The first-order chi connectivity index (χ1) is 17.0. The summed E-state index contributed by atoms with van der Waals surface area (Å²) < 4.78 is 0. The van der Waals surface area contributed by atoms with Gasteiger partial charge in [0.2, 0.25) is 0 Å². The van der Waals surface area contributed by atoms with E-state index in [9.17, 15) is 0 Å². The summed E-state index contributed by atoms with van der Waals surface area (Å²) in [5.74, 6) is 0.781. The van der Waals surface area contributed by atoms with Crippen molar-refractivity contribution >= 4 is 0 Å². The topological polar surface area (TPSA) is 133 Å². The van der Waals surface area contributed by atoms with Gasteiger partial charge in [0.1, 0.15) is 0 Å². The van der Waals surface area contributed by atoms with Crippen LogP contribution in [0.1, 0.15) is 129 Å². The van der Waals surface area contributed by atoms with Gasteiger partial charge in [0.05, 0.1) is 0 Å². The van der Waals surface area contributed by atoms with Crippen LogP contribution in [0.25, 0.3) is 0 Å². The molecule has 0 bridgehead atoms. The number of hydrogen-bond acceptors (Lipinski definition) is 6. The smallest absolute Gasteiger partial charge is 0.0192 e. The van der Waals surface area contributed by atoms with Crippen molar-refractivity contribution in [3.8, 4) is 0 Å². The molecule has 35 heavy (non-hydrogen) atoms. The van der Waals surface area contributed by atoms with Gasteiger partial charge in [-0.2, -0.15) is 0 Å². The molecule has 0 aromatic heterocycles. The van der Waals surface area contributed by atoms with Crippen molar-refractivity contribution in [1.82, 2.24) is 4.90 Å². The summed E-state index contributed by atoms with van der Waals surface area (Å²) in [5, 5.41) is 0. The summed E-state index contributed by atoms with van der Waals surface area (Å²) in [6, 6.07) is 1.07. The highest BCUT2D eigenvalue weighted by Gasteiger charge is 2.17.